The molecule has 0 amide bonds. The van der Waals surface area contributed by atoms with Gasteiger partial charge in [0, 0.05) is 0 Å². The van der Waals surface area contributed by atoms with Crippen LogP contribution in [-0.2, 0) is 0 Å². The Morgan fingerprint density at radius 2 is 2.17 bits per heavy atom. The quantitative estimate of drug-likeness (QED) is 0.592. The third-order valence-electron chi connectivity index (χ3n) is 1.41. The van der Waals surface area contributed by atoms with Crippen molar-refractivity contribution in [3.05, 3.63) is 40.7 Å². The predicted molar refractivity (Wildman–Crippen MR) is 51.4 cm³/mol. The van der Waals surface area contributed by atoms with Crippen LogP contribution in [-0.4, -0.2) is 4.98 Å². The van der Waals surface area contributed by atoms with Crippen LogP contribution < -0.4 is 5.73 Å². The van der Waals surface area contributed by atoms with Crippen molar-refractivity contribution < 1.29 is 0 Å². The first-order valence-corrected chi connectivity index (χ1v) is 4.11. The third-order valence-corrected chi connectivity index (χ3v) is 1.94. The van der Waals surface area contributed by atoms with Gasteiger partial charge in [-0.15, -0.1) is 6.58 Å². The molecule has 0 fully saturated rings. The summed E-state index contributed by atoms with van der Waals surface area (Å²) in [4.78, 5) is 3.98. The van der Waals surface area contributed by atoms with Crippen LogP contribution in [0.5, 0.6) is 0 Å². The van der Waals surface area contributed by atoms with Gasteiger partial charge in [-0.25, -0.2) is 4.98 Å². The lowest BCUT2D eigenvalue weighted by Gasteiger charge is -2.07. The highest BCUT2D eigenvalue weighted by molar-refractivity contribution is 6.32. The Kier molecular flexibility index (Phi) is 3.09. The Bertz CT molecular complexity index is 299. The van der Waals surface area contributed by atoms with E-state index in [1.807, 2.05) is 0 Å². The number of aromatic nitrogens is 1. The molecule has 4 heteroatoms. The van der Waals surface area contributed by atoms with Gasteiger partial charge in [0.15, 0.2) is 0 Å². The minimum atomic E-state index is -0.365. The SMILES string of the molecule is C=C[C@H](N)c1nc(Cl)ccc1Cl. The first-order chi connectivity index (χ1) is 5.65. The zero-order chi connectivity index (χ0) is 9.14. The van der Waals surface area contributed by atoms with E-state index in [1.165, 1.54) is 0 Å². The number of pyridine rings is 1. The minimum Gasteiger partial charge on any atom is -0.319 e. The highest BCUT2D eigenvalue weighted by atomic mass is 35.5. The number of hydrogen-bond acceptors (Lipinski definition) is 2. The van der Waals surface area contributed by atoms with E-state index in [2.05, 4.69) is 11.6 Å². The molecule has 1 aromatic rings. The summed E-state index contributed by atoms with van der Waals surface area (Å²) in [6.07, 6.45) is 1.56. The normalized spacial score (nSPS) is 12.6. The molecule has 1 aromatic heterocycles. The molecule has 0 saturated carbocycles. The monoisotopic (exact) mass is 202 g/mol. The van der Waals surface area contributed by atoms with Crippen molar-refractivity contribution in [1.82, 2.24) is 4.98 Å². The van der Waals surface area contributed by atoms with E-state index in [-0.39, 0.29) is 6.04 Å². The molecule has 1 atom stereocenters. The Hall–Kier alpha value is -0.570. The first kappa shape index (κ1) is 9.52. The zero-order valence-electron chi connectivity index (χ0n) is 6.30. The molecule has 0 radical (unpaired) electrons. The van der Waals surface area contributed by atoms with Crippen molar-refractivity contribution >= 4 is 23.2 Å². The number of halogens is 2. The van der Waals surface area contributed by atoms with Crippen molar-refractivity contribution in [3.8, 4) is 0 Å². The Labute approximate surface area is 81.0 Å². The van der Waals surface area contributed by atoms with Gasteiger partial charge in [-0.05, 0) is 12.1 Å². The smallest absolute Gasteiger partial charge is 0.129 e. The molecule has 0 aliphatic heterocycles. The fraction of sp³-hybridized carbons (Fsp3) is 0.125. The van der Waals surface area contributed by atoms with E-state index < -0.39 is 0 Å². The zero-order valence-corrected chi connectivity index (χ0v) is 7.81. The number of nitrogens with two attached hydrogens (primary N) is 1. The third kappa shape index (κ3) is 1.97. The van der Waals surface area contributed by atoms with Gasteiger partial charge >= 0.3 is 0 Å². The molecule has 0 unspecified atom stereocenters. The summed E-state index contributed by atoms with van der Waals surface area (Å²) >= 11 is 11.5. The van der Waals surface area contributed by atoms with Gasteiger partial charge in [-0.3, -0.25) is 0 Å². The van der Waals surface area contributed by atoms with Gasteiger partial charge < -0.3 is 5.73 Å². The maximum atomic E-state index is 5.82. The average molecular weight is 203 g/mol. The van der Waals surface area contributed by atoms with Gasteiger partial charge in [-0.1, -0.05) is 29.3 Å². The maximum absolute atomic E-state index is 5.82. The van der Waals surface area contributed by atoms with Crippen LogP contribution in [0.3, 0.4) is 0 Å². The summed E-state index contributed by atoms with van der Waals surface area (Å²) < 4.78 is 0. The first-order valence-electron chi connectivity index (χ1n) is 3.35. The Morgan fingerprint density at radius 3 is 2.75 bits per heavy atom. The molecule has 64 valence electrons. The number of rotatable bonds is 2. The number of hydrogen-bond donors (Lipinski definition) is 1. The van der Waals surface area contributed by atoms with Crippen LogP contribution in [0.25, 0.3) is 0 Å². The second-order valence-corrected chi connectivity index (χ2v) is 3.06. The molecule has 12 heavy (non-hydrogen) atoms. The summed E-state index contributed by atoms with van der Waals surface area (Å²) in [5.41, 5.74) is 6.20. The highest BCUT2D eigenvalue weighted by Crippen LogP contribution is 2.21. The summed E-state index contributed by atoms with van der Waals surface area (Å²) in [5, 5.41) is 0.888. The Morgan fingerprint density at radius 1 is 1.50 bits per heavy atom. The topological polar surface area (TPSA) is 38.9 Å². The second-order valence-electron chi connectivity index (χ2n) is 2.26. The summed E-state index contributed by atoms with van der Waals surface area (Å²) in [7, 11) is 0. The minimum absolute atomic E-state index is 0.365. The predicted octanol–water partition coefficient (Wildman–Crippen LogP) is 2.57. The van der Waals surface area contributed by atoms with Crippen molar-refractivity contribution in [3.63, 3.8) is 0 Å². The molecule has 0 aliphatic rings. The molecule has 0 aromatic carbocycles. The lowest BCUT2D eigenvalue weighted by Crippen LogP contribution is -2.09. The second kappa shape index (κ2) is 3.90. The highest BCUT2D eigenvalue weighted by Gasteiger charge is 2.08. The van der Waals surface area contributed by atoms with Crippen LogP contribution in [0.15, 0.2) is 24.8 Å². The molecule has 2 nitrogen and oxygen atoms in total. The van der Waals surface area contributed by atoms with Gasteiger partial charge in [-0.2, -0.15) is 0 Å². The summed E-state index contributed by atoms with van der Waals surface area (Å²) in [6.45, 7) is 3.54. The van der Waals surface area contributed by atoms with E-state index in [4.69, 9.17) is 28.9 Å². The van der Waals surface area contributed by atoms with Crippen LogP contribution >= 0.6 is 23.2 Å². The molecule has 0 bridgehead atoms. The van der Waals surface area contributed by atoms with E-state index in [0.29, 0.717) is 15.9 Å². The fourth-order valence-corrected chi connectivity index (χ4v) is 1.16. The van der Waals surface area contributed by atoms with Crippen molar-refractivity contribution in [2.45, 2.75) is 6.04 Å². The lowest BCUT2D eigenvalue weighted by atomic mass is 10.2. The largest absolute Gasteiger partial charge is 0.319 e. The van der Waals surface area contributed by atoms with Gasteiger partial charge in [0.05, 0.1) is 16.8 Å². The standard InChI is InChI=1S/C8H8Cl2N2/c1-2-6(11)8-5(9)3-4-7(10)12-8/h2-4,6H,1,11H2/t6-/m0/s1. The van der Waals surface area contributed by atoms with Crippen LogP contribution in [0.2, 0.25) is 10.2 Å². The molecule has 1 rings (SSSR count). The van der Waals surface area contributed by atoms with E-state index >= 15 is 0 Å². The molecular weight excluding hydrogens is 195 g/mol. The number of nitrogens with zero attached hydrogens (tertiary/aromatic N) is 1. The lowest BCUT2D eigenvalue weighted by molar-refractivity contribution is 0.865. The van der Waals surface area contributed by atoms with Crippen LogP contribution in [0.4, 0.5) is 0 Å². The molecule has 1 heterocycles. The van der Waals surface area contributed by atoms with Crippen molar-refractivity contribution in [2.24, 2.45) is 5.73 Å². The van der Waals surface area contributed by atoms with Crippen molar-refractivity contribution in [1.29, 1.82) is 0 Å². The van der Waals surface area contributed by atoms with Crippen LogP contribution in [0.1, 0.15) is 11.7 Å². The van der Waals surface area contributed by atoms with Gasteiger partial charge in [0.2, 0.25) is 0 Å². The van der Waals surface area contributed by atoms with Crippen molar-refractivity contribution in [2.75, 3.05) is 0 Å². The maximum Gasteiger partial charge on any atom is 0.129 e. The van der Waals surface area contributed by atoms with E-state index in [1.54, 1.807) is 18.2 Å². The molecule has 2 N–H and O–H groups in total. The van der Waals surface area contributed by atoms with E-state index in [9.17, 15) is 0 Å². The van der Waals surface area contributed by atoms with Gasteiger partial charge in [0.1, 0.15) is 5.15 Å². The van der Waals surface area contributed by atoms with E-state index in [0.717, 1.165) is 0 Å². The van der Waals surface area contributed by atoms with Gasteiger partial charge in [0.25, 0.3) is 0 Å². The summed E-state index contributed by atoms with van der Waals surface area (Å²) in [5.74, 6) is 0. The molecule has 0 spiro atoms. The Balaban J connectivity index is 3.12. The average Bonchev–Trinajstić information content (AvgIpc) is 2.08. The molecule has 0 aliphatic carbocycles. The summed E-state index contributed by atoms with van der Waals surface area (Å²) in [6, 6.07) is 2.91. The molecule has 0 saturated heterocycles. The molecular formula is C8H8Cl2N2. The van der Waals surface area contributed by atoms with Crippen LogP contribution in [0, 0.1) is 0 Å². The fourth-order valence-electron chi connectivity index (χ4n) is 0.778.